The van der Waals surface area contributed by atoms with E-state index in [2.05, 4.69) is 24.8 Å². The number of amides is 1. The van der Waals surface area contributed by atoms with Gasteiger partial charge >= 0.3 is 0 Å². The molecule has 9 heteroatoms. The fourth-order valence-electron chi connectivity index (χ4n) is 2.15. The number of nitrogens with one attached hydrogen (secondary N) is 1. The van der Waals surface area contributed by atoms with Crippen molar-refractivity contribution in [3.8, 4) is 11.4 Å². The molecule has 3 heterocycles. The maximum Gasteiger partial charge on any atom is 0.295 e. The third-order valence-electron chi connectivity index (χ3n) is 3.37. The summed E-state index contributed by atoms with van der Waals surface area (Å²) in [5.41, 5.74) is 1.53. The van der Waals surface area contributed by atoms with Gasteiger partial charge in [-0.25, -0.2) is 4.98 Å². The number of rotatable bonds is 4. The van der Waals surface area contributed by atoms with Crippen molar-refractivity contribution in [3.63, 3.8) is 0 Å². The summed E-state index contributed by atoms with van der Waals surface area (Å²) in [6, 6.07) is 0. The van der Waals surface area contributed by atoms with Crippen LogP contribution in [0.3, 0.4) is 0 Å². The van der Waals surface area contributed by atoms with Crippen molar-refractivity contribution in [1.82, 2.24) is 24.1 Å². The molecule has 1 aliphatic rings. The fraction of sp³-hybridized carbons (Fsp3) is 0.308. The predicted octanol–water partition coefficient (Wildman–Crippen LogP) is 2.06. The van der Waals surface area contributed by atoms with Crippen LogP contribution in [0, 0.1) is 0 Å². The van der Waals surface area contributed by atoms with Crippen LogP contribution < -0.4 is 5.32 Å². The van der Waals surface area contributed by atoms with E-state index in [4.69, 9.17) is 4.42 Å². The third-order valence-corrected chi connectivity index (χ3v) is 4.01. The SMILES string of the molecule is Cn1cc(-c2nsc(NC(=O)c3ocnc3C3CC3)n2)cn1. The van der Waals surface area contributed by atoms with Crippen LogP contribution in [0.4, 0.5) is 5.13 Å². The Morgan fingerprint density at radius 1 is 1.50 bits per heavy atom. The Morgan fingerprint density at radius 2 is 2.36 bits per heavy atom. The van der Waals surface area contributed by atoms with E-state index in [1.807, 2.05) is 13.2 Å². The number of carbonyl (C=O) groups is 1. The molecule has 112 valence electrons. The zero-order valence-corrected chi connectivity index (χ0v) is 12.5. The van der Waals surface area contributed by atoms with Gasteiger partial charge in [0.25, 0.3) is 5.91 Å². The van der Waals surface area contributed by atoms with Crippen molar-refractivity contribution in [1.29, 1.82) is 0 Å². The molecule has 1 N–H and O–H groups in total. The largest absolute Gasteiger partial charge is 0.438 e. The maximum absolute atomic E-state index is 12.3. The lowest BCUT2D eigenvalue weighted by Gasteiger charge is -1.99. The van der Waals surface area contributed by atoms with E-state index in [9.17, 15) is 4.79 Å². The number of hydrogen-bond donors (Lipinski definition) is 1. The molecule has 0 bridgehead atoms. The summed E-state index contributed by atoms with van der Waals surface area (Å²) < 4.78 is 11.1. The summed E-state index contributed by atoms with van der Waals surface area (Å²) in [5.74, 6) is 0.808. The molecule has 1 saturated carbocycles. The van der Waals surface area contributed by atoms with E-state index in [0.29, 0.717) is 16.9 Å². The summed E-state index contributed by atoms with van der Waals surface area (Å²) in [6.07, 6.45) is 6.90. The second-order valence-corrected chi connectivity index (χ2v) is 5.87. The van der Waals surface area contributed by atoms with Crippen molar-refractivity contribution < 1.29 is 9.21 Å². The summed E-state index contributed by atoms with van der Waals surface area (Å²) in [4.78, 5) is 20.7. The van der Waals surface area contributed by atoms with Gasteiger partial charge in [0.15, 0.2) is 12.2 Å². The molecule has 0 spiro atoms. The first kappa shape index (κ1) is 13.1. The predicted molar refractivity (Wildman–Crippen MR) is 78.5 cm³/mol. The third kappa shape index (κ3) is 2.39. The van der Waals surface area contributed by atoms with Crippen molar-refractivity contribution in [2.45, 2.75) is 18.8 Å². The lowest BCUT2D eigenvalue weighted by atomic mass is 10.2. The Kier molecular flexibility index (Phi) is 3.00. The Hall–Kier alpha value is -2.55. The van der Waals surface area contributed by atoms with E-state index in [-0.39, 0.29) is 11.7 Å². The van der Waals surface area contributed by atoms with E-state index < -0.39 is 0 Å². The van der Waals surface area contributed by atoms with Crippen LogP contribution in [0.25, 0.3) is 11.4 Å². The highest BCUT2D eigenvalue weighted by molar-refractivity contribution is 7.10. The fourth-order valence-corrected chi connectivity index (χ4v) is 2.74. The van der Waals surface area contributed by atoms with Crippen LogP contribution >= 0.6 is 11.5 Å². The number of hydrogen-bond acceptors (Lipinski definition) is 7. The van der Waals surface area contributed by atoms with Crippen molar-refractivity contribution in [3.05, 3.63) is 30.2 Å². The van der Waals surface area contributed by atoms with Gasteiger partial charge in [-0.2, -0.15) is 14.5 Å². The minimum Gasteiger partial charge on any atom is -0.438 e. The first-order valence-corrected chi connectivity index (χ1v) is 7.55. The van der Waals surface area contributed by atoms with Crippen molar-refractivity contribution in [2.24, 2.45) is 7.05 Å². The zero-order chi connectivity index (χ0) is 15.1. The van der Waals surface area contributed by atoms with E-state index in [0.717, 1.165) is 35.6 Å². The summed E-state index contributed by atoms with van der Waals surface area (Å²) in [6.45, 7) is 0. The molecule has 0 aliphatic heterocycles. The summed E-state index contributed by atoms with van der Waals surface area (Å²) >= 11 is 1.12. The first-order chi connectivity index (χ1) is 10.7. The van der Waals surface area contributed by atoms with Crippen LogP contribution in [0.5, 0.6) is 0 Å². The molecule has 1 amide bonds. The second-order valence-electron chi connectivity index (χ2n) is 5.12. The first-order valence-electron chi connectivity index (χ1n) is 6.78. The average molecular weight is 316 g/mol. The average Bonchev–Trinajstić information content (AvgIpc) is 2.94. The highest BCUT2D eigenvalue weighted by Gasteiger charge is 2.32. The second kappa shape index (κ2) is 5.02. The van der Waals surface area contributed by atoms with Gasteiger partial charge in [-0.3, -0.25) is 14.8 Å². The summed E-state index contributed by atoms with van der Waals surface area (Å²) in [7, 11) is 1.82. The van der Waals surface area contributed by atoms with Crippen LogP contribution in [0.1, 0.15) is 35.0 Å². The lowest BCUT2D eigenvalue weighted by Crippen LogP contribution is -2.12. The summed E-state index contributed by atoms with van der Waals surface area (Å²) in [5, 5.41) is 7.20. The van der Waals surface area contributed by atoms with Gasteiger partial charge in [0.05, 0.1) is 17.5 Å². The monoisotopic (exact) mass is 316 g/mol. The minimum absolute atomic E-state index is 0.264. The van der Waals surface area contributed by atoms with Gasteiger partial charge in [-0.15, -0.1) is 0 Å². The normalized spacial score (nSPS) is 14.2. The van der Waals surface area contributed by atoms with E-state index >= 15 is 0 Å². The number of carbonyl (C=O) groups excluding carboxylic acids is 1. The van der Waals surface area contributed by atoms with Gasteiger partial charge in [0.1, 0.15) is 0 Å². The van der Waals surface area contributed by atoms with Crippen molar-refractivity contribution >= 4 is 22.6 Å². The molecule has 22 heavy (non-hydrogen) atoms. The highest BCUT2D eigenvalue weighted by atomic mass is 32.1. The zero-order valence-electron chi connectivity index (χ0n) is 11.7. The molecule has 0 saturated heterocycles. The molecule has 0 aromatic carbocycles. The van der Waals surface area contributed by atoms with Crippen molar-refractivity contribution in [2.75, 3.05) is 5.32 Å². The van der Waals surface area contributed by atoms with Crippen LogP contribution in [-0.2, 0) is 7.05 Å². The molecule has 1 aliphatic carbocycles. The van der Waals surface area contributed by atoms with Crippen LogP contribution in [-0.4, -0.2) is 30.0 Å². The van der Waals surface area contributed by atoms with Gasteiger partial charge in [0.2, 0.25) is 10.9 Å². The number of aryl methyl sites for hydroxylation is 1. The highest BCUT2D eigenvalue weighted by Crippen LogP contribution is 2.40. The lowest BCUT2D eigenvalue weighted by molar-refractivity contribution is 0.0995. The maximum atomic E-state index is 12.3. The molecule has 1 fully saturated rings. The number of oxazole rings is 1. The number of anilines is 1. The molecule has 4 rings (SSSR count). The Balaban J connectivity index is 1.52. The van der Waals surface area contributed by atoms with Gasteiger partial charge in [-0.1, -0.05) is 0 Å². The molecule has 3 aromatic heterocycles. The molecule has 0 atom stereocenters. The minimum atomic E-state index is -0.340. The van der Waals surface area contributed by atoms with Crippen LogP contribution in [0.2, 0.25) is 0 Å². The Bertz CT molecular complexity index is 831. The molecule has 0 unspecified atom stereocenters. The Labute approximate surface area is 129 Å². The van der Waals surface area contributed by atoms with E-state index in [1.165, 1.54) is 6.39 Å². The number of nitrogens with zero attached hydrogens (tertiary/aromatic N) is 5. The standard InChI is InChI=1S/C13H12N6O2S/c1-19-5-8(4-15-19)11-16-13(22-18-11)17-12(20)10-9(7-2-3-7)14-6-21-10/h4-7H,2-3H2,1H3,(H,16,17,18,20). The molecular weight excluding hydrogens is 304 g/mol. The topological polar surface area (TPSA) is 98.7 Å². The molecule has 0 radical (unpaired) electrons. The smallest absolute Gasteiger partial charge is 0.295 e. The molecular formula is C13H12N6O2S. The van der Waals surface area contributed by atoms with E-state index in [1.54, 1.807) is 10.9 Å². The quantitative estimate of drug-likeness (QED) is 0.791. The molecule has 8 nitrogen and oxygen atoms in total. The van der Waals surface area contributed by atoms with Gasteiger partial charge in [-0.05, 0) is 12.8 Å². The van der Waals surface area contributed by atoms with Crippen LogP contribution in [0.15, 0.2) is 23.2 Å². The van der Waals surface area contributed by atoms with Gasteiger partial charge in [0, 0.05) is 30.7 Å². The molecule has 3 aromatic rings. The van der Waals surface area contributed by atoms with Gasteiger partial charge < -0.3 is 4.42 Å². The number of aromatic nitrogens is 5. The Morgan fingerprint density at radius 3 is 3.09 bits per heavy atom.